The van der Waals surface area contributed by atoms with Crippen LogP contribution < -0.4 is 14.9 Å². The molecule has 6 heteroatoms. The molecule has 0 bridgehead atoms. The van der Waals surface area contributed by atoms with Crippen molar-refractivity contribution >= 4 is 23.2 Å². The Hall–Kier alpha value is -4.58. The van der Waals surface area contributed by atoms with Gasteiger partial charge in [0.2, 0.25) is 5.95 Å². The number of methoxy groups -OCH3 is 1. The van der Waals surface area contributed by atoms with Crippen molar-refractivity contribution in [3.05, 3.63) is 120 Å². The Morgan fingerprint density at radius 2 is 1.54 bits per heavy atom. The molecule has 0 radical (unpaired) electrons. The van der Waals surface area contributed by atoms with Crippen LogP contribution in [0.2, 0.25) is 0 Å². The van der Waals surface area contributed by atoms with Crippen molar-refractivity contribution in [1.82, 2.24) is 9.55 Å². The van der Waals surface area contributed by atoms with Crippen LogP contribution in [-0.2, 0) is 13.2 Å². The maximum atomic E-state index is 5.95. The van der Waals surface area contributed by atoms with E-state index in [0.29, 0.717) is 30.6 Å². The first-order valence-electron chi connectivity index (χ1n) is 11.4. The summed E-state index contributed by atoms with van der Waals surface area (Å²) < 4.78 is 13.6. The highest BCUT2D eigenvalue weighted by Crippen LogP contribution is 2.28. The number of benzene rings is 4. The smallest absolute Gasteiger partial charge is 0.225 e. The van der Waals surface area contributed by atoms with Gasteiger partial charge in [0.15, 0.2) is 11.5 Å². The summed E-state index contributed by atoms with van der Waals surface area (Å²) in [5.41, 5.74) is 8.26. The summed E-state index contributed by atoms with van der Waals surface area (Å²) >= 11 is 0. The molecule has 5 aromatic rings. The maximum Gasteiger partial charge on any atom is 0.225 e. The molecule has 0 aliphatic rings. The van der Waals surface area contributed by atoms with Gasteiger partial charge in [-0.05, 0) is 47.0 Å². The molecule has 0 fully saturated rings. The Labute approximate surface area is 204 Å². The largest absolute Gasteiger partial charge is 0.493 e. The van der Waals surface area contributed by atoms with E-state index in [1.54, 1.807) is 13.3 Å². The van der Waals surface area contributed by atoms with Crippen LogP contribution >= 0.6 is 0 Å². The summed E-state index contributed by atoms with van der Waals surface area (Å²) in [4.78, 5) is 4.73. The third-order valence-electron chi connectivity index (χ3n) is 5.64. The molecular weight excluding hydrogens is 436 g/mol. The van der Waals surface area contributed by atoms with Gasteiger partial charge in [0.05, 0.1) is 30.9 Å². The van der Waals surface area contributed by atoms with Crippen molar-refractivity contribution in [2.75, 3.05) is 12.5 Å². The summed E-state index contributed by atoms with van der Waals surface area (Å²) in [5, 5.41) is 4.45. The molecule has 35 heavy (non-hydrogen) atoms. The maximum absolute atomic E-state index is 5.95. The summed E-state index contributed by atoms with van der Waals surface area (Å²) in [6.45, 7) is 1.17. The highest BCUT2D eigenvalue weighted by Gasteiger charge is 2.10. The summed E-state index contributed by atoms with van der Waals surface area (Å²) in [6, 6.07) is 34.2. The molecule has 0 saturated heterocycles. The summed E-state index contributed by atoms with van der Waals surface area (Å²) in [7, 11) is 1.63. The van der Waals surface area contributed by atoms with E-state index in [2.05, 4.69) is 33.3 Å². The van der Waals surface area contributed by atoms with Gasteiger partial charge in [-0.1, -0.05) is 72.8 Å². The second kappa shape index (κ2) is 10.6. The number of fused-ring (bicyclic) bond motifs is 1. The number of hydrogen-bond acceptors (Lipinski definition) is 5. The van der Waals surface area contributed by atoms with Gasteiger partial charge in [-0.2, -0.15) is 5.10 Å². The molecule has 0 amide bonds. The van der Waals surface area contributed by atoms with Gasteiger partial charge in [0, 0.05) is 0 Å². The van der Waals surface area contributed by atoms with E-state index in [9.17, 15) is 0 Å². The number of rotatable bonds is 9. The van der Waals surface area contributed by atoms with Crippen LogP contribution in [0.4, 0.5) is 5.95 Å². The van der Waals surface area contributed by atoms with Gasteiger partial charge in [0.25, 0.3) is 0 Å². The molecule has 5 rings (SSSR count). The molecule has 4 aromatic carbocycles. The van der Waals surface area contributed by atoms with Gasteiger partial charge >= 0.3 is 0 Å². The molecule has 1 heterocycles. The van der Waals surface area contributed by atoms with E-state index in [0.717, 1.165) is 22.2 Å². The Kier molecular flexibility index (Phi) is 6.71. The third-order valence-corrected chi connectivity index (χ3v) is 5.64. The molecule has 0 unspecified atom stereocenters. The fraction of sp³-hybridized carbons (Fsp3) is 0.103. The molecule has 174 valence electrons. The first-order valence-corrected chi connectivity index (χ1v) is 11.4. The SMILES string of the molecule is COc1cc(/C=N\Nc2nc3ccccc3n2Cc2ccccc2)ccc1OCc1ccccc1. The van der Waals surface area contributed by atoms with Crippen LogP contribution in [-0.4, -0.2) is 22.9 Å². The van der Waals surface area contributed by atoms with Gasteiger partial charge in [-0.15, -0.1) is 0 Å². The first kappa shape index (κ1) is 22.2. The van der Waals surface area contributed by atoms with Crippen LogP contribution in [0, 0.1) is 0 Å². The molecule has 0 saturated carbocycles. The van der Waals surface area contributed by atoms with Gasteiger partial charge in [-0.25, -0.2) is 10.4 Å². The number of imidazole rings is 1. The van der Waals surface area contributed by atoms with E-state index in [1.165, 1.54) is 5.56 Å². The van der Waals surface area contributed by atoms with E-state index >= 15 is 0 Å². The van der Waals surface area contributed by atoms with Crippen molar-refractivity contribution in [2.24, 2.45) is 5.10 Å². The fourth-order valence-electron chi connectivity index (χ4n) is 3.87. The highest BCUT2D eigenvalue weighted by atomic mass is 16.5. The Morgan fingerprint density at radius 1 is 0.829 bits per heavy atom. The van der Waals surface area contributed by atoms with Crippen LogP contribution in [0.1, 0.15) is 16.7 Å². The lowest BCUT2D eigenvalue weighted by atomic mass is 10.2. The average molecular weight is 463 g/mol. The number of ether oxygens (including phenoxy) is 2. The van der Waals surface area contributed by atoms with E-state index in [4.69, 9.17) is 14.5 Å². The lowest BCUT2D eigenvalue weighted by Gasteiger charge is -2.11. The number of hydrogen-bond donors (Lipinski definition) is 1. The Morgan fingerprint density at radius 3 is 2.31 bits per heavy atom. The Bertz CT molecular complexity index is 1430. The predicted molar refractivity (Wildman–Crippen MR) is 140 cm³/mol. The number of nitrogens with zero attached hydrogens (tertiary/aromatic N) is 3. The monoisotopic (exact) mass is 462 g/mol. The van der Waals surface area contributed by atoms with Crippen LogP contribution in [0.3, 0.4) is 0 Å². The molecule has 0 aliphatic heterocycles. The molecule has 1 N–H and O–H groups in total. The number of anilines is 1. The lowest BCUT2D eigenvalue weighted by Crippen LogP contribution is -2.05. The van der Waals surface area contributed by atoms with E-state index in [1.807, 2.05) is 84.9 Å². The van der Waals surface area contributed by atoms with Crippen molar-refractivity contribution in [3.8, 4) is 11.5 Å². The number of nitrogens with one attached hydrogen (secondary N) is 1. The van der Waals surface area contributed by atoms with Crippen molar-refractivity contribution in [3.63, 3.8) is 0 Å². The molecule has 0 atom stereocenters. The molecule has 1 aromatic heterocycles. The second-order valence-corrected chi connectivity index (χ2v) is 8.05. The first-order chi connectivity index (χ1) is 17.3. The van der Waals surface area contributed by atoms with Crippen molar-refractivity contribution < 1.29 is 9.47 Å². The molecule has 0 aliphatic carbocycles. The third kappa shape index (κ3) is 5.33. The van der Waals surface area contributed by atoms with Gasteiger partial charge in [0.1, 0.15) is 6.61 Å². The zero-order chi connectivity index (χ0) is 23.9. The standard InChI is InChI=1S/C29H26N4O2/c1-34-28-18-24(16-17-27(28)35-21-23-12-6-3-7-13-23)19-30-32-29-31-25-14-8-9-15-26(25)33(29)20-22-10-4-2-5-11-22/h2-19H,20-21H2,1H3,(H,31,32)/b30-19-. The quantitative estimate of drug-likeness (QED) is 0.212. The van der Waals surface area contributed by atoms with Crippen LogP contribution in [0.25, 0.3) is 11.0 Å². The normalized spacial score (nSPS) is 11.1. The summed E-state index contributed by atoms with van der Waals surface area (Å²) in [6.07, 6.45) is 1.75. The summed E-state index contributed by atoms with van der Waals surface area (Å²) in [5.74, 6) is 2.02. The van der Waals surface area contributed by atoms with Crippen molar-refractivity contribution in [2.45, 2.75) is 13.2 Å². The predicted octanol–water partition coefficient (Wildman–Crippen LogP) is 6.12. The molecular formula is C29H26N4O2. The van der Waals surface area contributed by atoms with Gasteiger partial charge < -0.3 is 14.0 Å². The van der Waals surface area contributed by atoms with Crippen LogP contribution in [0.5, 0.6) is 11.5 Å². The molecule has 0 spiro atoms. The van der Waals surface area contributed by atoms with E-state index in [-0.39, 0.29) is 0 Å². The minimum Gasteiger partial charge on any atom is -0.493 e. The second-order valence-electron chi connectivity index (χ2n) is 8.05. The number of hydrazone groups is 1. The number of para-hydroxylation sites is 2. The lowest BCUT2D eigenvalue weighted by molar-refractivity contribution is 0.284. The number of aromatic nitrogens is 2. The average Bonchev–Trinajstić information content (AvgIpc) is 3.26. The fourth-order valence-corrected chi connectivity index (χ4v) is 3.87. The Balaban J connectivity index is 1.32. The molecule has 6 nitrogen and oxygen atoms in total. The topological polar surface area (TPSA) is 60.7 Å². The van der Waals surface area contributed by atoms with Crippen LogP contribution in [0.15, 0.2) is 108 Å². The minimum absolute atomic E-state index is 0.476. The van der Waals surface area contributed by atoms with E-state index < -0.39 is 0 Å². The zero-order valence-electron chi connectivity index (χ0n) is 19.5. The highest BCUT2D eigenvalue weighted by molar-refractivity contribution is 5.82. The van der Waals surface area contributed by atoms with Gasteiger partial charge in [-0.3, -0.25) is 0 Å². The minimum atomic E-state index is 0.476. The zero-order valence-corrected chi connectivity index (χ0v) is 19.5. The van der Waals surface area contributed by atoms with Crippen molar-refractivity contribution in [1.29, 1.82) is 0 Å².